The van der Waals surface area contributed by atoms with Gasteiger partial charge >= 0.3 is 0 Å². The van der Waals surface area contributed by atoms with Gasteiger partial charge in [0.05, 0.1) is 16.7 Å². The number of fused-ring (bicyclic) bond motifs is 5. The van der Waals surface area contributed by atoms with Crippen molar-refractivity contribution in [2.24, 2.45) is 0 Å². The Labute approximate surface area is 337 Å². The van der Waals surface area contributed by atoms with E-state index in [2.05, 4.69) is 188 Å². The lowest BCUT2D eigenvalue weighted by atomic mass is 9.75. The summed E-state index contributed by atoms with van der Waals surface area (Å²) < 4.78 is 2.46. The molecule has 58 heavy (non-hydrogen) atoms. The van der Waals surface area contributed by atoms with Crippen LogP contribution in [0.1, 0.15) is 25.0 Å². The van der Waals surface area contributed by atoms with Crippen LogP contribution >= 0.6 is 0 Å². The zero-order valence-corrected chi connectivity index (χ0v) is 32.3. The summed E-state index contributed by atoms with van der Waals surface area (Å²) in [4.78, 5) is 15.2. The quantitative estimate of drug-likeness (QED) is 0.170. The third-order valence-corrected chi connectivity index (χ3v) is 11.9. The molecule has 1 aliphatic heterocycles. The van der Waals surface area contributed by atoms with Crippen LogP contribution in [0.5, 0.6) is 0 Å². The molecule has 4 nitrogen and oxygen atoms in total. The maximum absolute atomic E-state index is 5.11. The van der Waals surface area contributed by atoms with E-state index in [1.54, 1.807) is 0 Å². The molecule has 8 aromatic carbocycles. The van der Waals surface area contributed by atoms with Gasteiger partial charge < -0.3 is 4.57 Å². The number of rotatable bonds is 6. The summed E-state index contributed by atoms with van der Waals surface area (Å²) >= 11 is 0. The molecule has 2 aromatic heterocycles. The number of aromatic nitrogens is 4. The molecule has 274 valence electrons. The second-order valence-corrected chi connectivity index (χ2v) is 15.7. The smallest absolute Gasteiger partial charge is 0.164 e. The SMILES string of the molecule is CC1(C)c2ccccc2-n2c3ccc(-c4cccc(-c5nc(-c6ccccc6)nc(-c6ccc(-c7ccc(-c8ccccc8)cc7)cc6)n5)c4)cc3c3cccc1c32. The molecule has 0 fully saturated rings. The van der Waals surface area contributed by atoms with E-state index in [1.807, 2.05) is 24.3 Å². The van der Waals surface area contributed by atoms with E-state index in [9.17, 15) is 0 Å². The van der Waals surface area contributed by atoms with E-state index in [-0.39, 0.29) is 5.41 Å². The molecule has 0 amide bonds. The van der Waals surface area contributed by atoms with Gasteiger partial charge in [0.1, 0.15) is 0 Å². The molecule has 0 saturated heterocycles. The van der Waals surface area contributed by atoms with Gasteiger partial charge in [-0.25, -0.2) is 15.0 Å². The third-order valence-electron chi connectivity index (χ3n) is 11.9. The molecular formula is C54H38N4. The molecule has 0 atom stereocenters. The van der Waals surface area contributed by atoms with Gasteiger partial charge in [-0.2, -0.15) is 0 Å². The lowest BCUT2D eigenvalue weighted by Crippen LogP contribution is -2.26. The van der Waals surface area contributed by atoms with Crippen molar-refractivity contribution >= 4 is 21.8 Å². The second-order valence-electron chi connectivity index (χ2n) is 15.7. The molecule has 0 radical (unpaired) electrons. The fourth-order valence-corrected chi connectivity index (χ4v) is 8.83. The first-order valence-electron chi connectivity index (χ1n) is 19.9. The number of para-hydroxylation sites is 2. The molecule has 1 aliphatic rings. The van der Waals surface area contributed by atoms with Crippen molar-refractivity contribution in [1.29, 1.82) is 0 Å². The molecule has 0 aliphatic carbocycles. The topological polar surface area (TPSA) is 43.6 Å². The third kappa shape index (κ3) is 5.56. The number of hydrogen-bond acceptors (Lipinski definition) is 3. The van der Waals surface area contributed by atoms with Crippen LogP contribution in [-0.4, -0.2) is 19.5 Å². The fraction of sp³-hybridized carbons (Fsp3) is 0.0556. The zero-order chi connectivity index (χ0) is 38.8. The highest BCUT2D eigenvalue weighted by Gasteiger charge is 2.34. The molecule has 0 bridgehead atoms. The summed E-state index contributed by atoms with van der Waals surface area (Å²) in [5, 5.41) is 2.52. The Morgan fingerprint density at radius 3 is 1.47 bits per heavy atom. The van der Waals surface area contributed by atoms with Crippen LogP contribution in [0, 0.1) is 0 Å². The van der Waals surface area contributed by atoms with Gasteiger partial charge in [0.2, 0.25) is 0 Å². The first-order chi connectivity index (χ1) is 28.5. The van der Waals surface area contributed by atoms with Gasteiger partial charge in [0.15, 0.2) is 17.5 Å². The Hall–Kier alpha value is -7.43. The van der Waals surface area contributed by atoms with E-state index in [0.717, 1.165) is 38.9 Å². The lowest BCUT2D eigenvalue weighted by Gasteiger charge is -2.34. The van der Waals surface area contributed by atoms with Crippen LogP contribution in [-0.2, 0) is 5.41 Å². The van der Waals surface area contributed by atoms with Crippen molar-refractivity contribution in [3.8, 4) is 73.2 Å². The van der Waals surface area contributed by atoms with Crippen molar-refractivity contribution in [1.82, 2.24) is 19.5 Å². The molecule has 0 N–H and O–H groups in total. The minimum Gasteiger partial charge on any atom is -0.309 e. The van der Waals surface area contributed by atoms with Crippen LogP contribution in [0.25, 0.3) is 95.0 Å². The van der Waals surface area contributed by atoms with Crippen molar-refractivity contribution in [2.75, 3.05) is 0 Å². The Kier molecular flexibility index (Phi) is 7.80. The van der Waals surface area contributed by atoms with Crippen molar-refractivity contribution in [2.45, 2.75) is 19.3 Å². The van der Waals surface area contributed by atoms with E-state index in [4.69, 9.17) is 15.0 Å². The summed E-state index contributed by atoms with van der Waals surface area (Å²) in [6.07, 6.45) is 0. The second kappa shape index (κ2) is 13.4. The summed E-state index contributed by atoms with van der Waals surface area (Å²) in [7, 11) is 0. The van der Waals surface area contributed by atoms with Crippen molar-refractivity contribution in [3.63, 3.8) is 0 Å². The average molecular weight is 743 g/mol. The zero-order valence-electron chi connectivity index (χ0n) is 32.3. The largest absolute Gasteiger partial charge is 0.309 e. The molecule has 10 aromatic rings. The van der Waals surface area contributed by atoms with Crippen LogP contribution < -0.4 is 0 Å². The van der Waals surface area contributed by atoms with Crippen molar-refractivity contribution in [3.05, 3.63) is 205 Å². The highest BCUT2D eigenvalue weighted by atomic mass is 15.0. The van der Waals surface area contributed by atoms with Gasteiger partial charge in [0.25, 0.3) is 0 Å². The molecule has 0 spiro atoms. The summed E-state index contributed by atoms with van der Waals surface area (Å²) in [5.74, 6) is 1.92. The number of nitrogens with zero attached hydrogens (tertiary/aromatic N) is 4. The molecule has 4 heteroatoms. The standard InChI is InChI=1S/C54H38N4/c1-54(2)46-20-9-10-22-49(46)58-48-32-31-42(34-45(48)44-19-12-21-47(54)50(44)58)41-17-11-18-43(33-41)53-56-51(39-15-7-4-8-16-39)55-52(57-53)40-29-27-38(28-30-40)37-25-23-36(24-26-37)35-13-5-3-6-14-35/h3-34H,1-2H3. The maximum Gasteiger partial charge on any atom is 0.164 e. The van der Waals surface area contributed by atoms with E-state index >= 15 is 0 Å². The average Bonchev–Trinajstić information content (AvgIpc) is 3.63. The first-order valence-corrected chi connectivity index (χ1v) is 19.9. The maximum atomic E-state index is 5.11. The van der Waals surface area contributed by atoms with Gasteiger partial charge in [-0.3, -0.25) is 0 Å². The van der Waals surface area contributed by atoms with Gasteiger partial charge in [0, 0.05) is 32.9 Å². The number of hydrogen-bond donors (Lipinski definition) is 0. The molecular weight excluding hydrogens is 705 g/mol. The monoisotopic (exact) mass is 742 g/mol. The molecule has 0 unspecified atom stereocenters. The van der Waals surface area contributed by atoms with Gasteiger partial charge in [-0.05, 0) is 68.8 Å². The molecule has 0 saturated carbocycles. The summed E-state index contributed by atoms with van der Waals surface area (Å²) in [6.45, 7) is 4.69. The fourth-order valence-electron chi connectivity index (χ4n) is 8.83. The Balaban J connectivity index is 0.979. The van der Waals surface area contributed by atoms with E-state index in [0.29, 0.717) is 17.5 Å². The Bertz CT molecular complexity index is 3160. The normalized spacial score (nSPS) is 12.8. The predicted octanol–water partition coefficient (Wildman–Crippen LogP) is 13.6. The molecule has 11 rings (SSSR count). The van der Waals surface area contributed by atoms with E-state index in [1.165, 1.54) is 49.7 Å². The van der Waals surface area contributed by atoms with Crippen LogP contribution in [0.15, 0.2) is 194 Å². The minimum absolute atomic E-state index is 0.100. The van der Waals surface area contributed by atoms with Crippen molar-refractivity contribution < 1.29 is 0 Å². The highest BCUT2D eigenvalue weighted by molar-refractivity contribution is 6.12. The summed E-state index contributed by atoms with van der Waals surface area (Å²) in [5.41, 5.74) is 16.2. The van der Waals surface area contributed by atoms with Gasteiger partial charge in [-0.15, -0.1) is 0 Å². The first kappa shape index (κ1) is 33.9. The summed E-state index contributed by atoms with van der Waals surface area (Å²) in [6, 6.07) is 69.0. The highest BCUT2D eigenvalue weighted by Crippen LogP contribution is 2.48. The Morgan fingerprint density at radius 2 is 0.793 bits per heavy atom. The minimum atomic E-state index is -0.100. The van der Waals surface area contributed by atoms with Crippen LogP contribution in [0.4, 0.5) is 0 Å². The van der Waals surface area contributed by atoms with E-state index < -0.39 is 0 Å². The molecule has 3 heterocycles. The van der Waals surface area contributed by atoms with Crippen LogP contribution in [0.2, 0.25) is 0 Å². The predicted molar refractivity (Wildman–Crippen MR) is 239 cm³/mol. The Morgan fingerprint density at radius 1 is 0.345 bits per heavy atom. The van der Waals surface area contributed by atoms with Crippen LogP contribution in [0.3, 0.4) is 0 Å². The lowest BCUT2D eigenvalue weighted by molar-refractivity contribution is 0.630. The van der Waals surface area contributed by atoms with Gasteiger partial charge in [-0.1, -0.05) is 184 Å². The number of benzene rings is 8.